The number of hydrogen-bond donors (Lipinski definition) is 2. The molecule has 0 aliphatic heterocycles. The van der Waals surface area contributed by atoms with Gasteiger partial charge in [0.15, 0.2) is 0 Å². The van der Waals surface area contributed by atoms with Crippen LogP contribution in [0.3, 0.4) is 0 Å². The van der Waals surface area contributed by atoms with Crippen LogP contribution < -0.4 is 5.32 Å². The number of hydrogen-bond acceptors (Lipinski definition) is 4. The van der Waals surface area contributed by atoms with Gasteiger partial charge in [-0.05, 0) is 55.5 Å². The van der Waals surface area contributed by atoms with E-state index in [0.29, 0.717) is 23.9 Å². The van der Waals surface area contributed by atoms with Crippen LogP contribution in [0.4, 0.5) is 4.39 Å². The van der Waals surface area contributed by atoms with Crippen LogP contribution in [0.25, 0.3) is 11.4 Å². The summed E-state index contributed by atoms with van der Waals surface area (Å²) in [7, 11) is 0. The van der Waals surface area contributed by atoms with Gasteiger partial charge in [-0.3, -0.25) is 4.98 Å². The van der Waals surface area contributed by atoms with Crippen LogP contribution in [0.5, 0.6) is 0 Å². The number of carbonyl (C=O) groups is 1. The number of rotatable bonds is 8. The fourth-order valence-electron chi connectivity index (χ4n) is 3.70. The van der Waals surface area contributed by atoms with Gasteiger partial charge in [0.2, 0.25) is 0 Å². The summed E-state index contributed by atoms with van der Waals surface area (Å²) in [5.74, 6) is -0.662. The zero-order chi connectivity index (χ0) is 20.4. The molecular weight excluding hydrogens is 371 g/mol. The molecule has 0 saturated heterocycles. The average molecular weight is 394 g/mol. The molecule has 0 amide bonds. The number of imidazole rings is 1. The van der Waals surface area contributed by atoms with Crippen molar-refractivity contribution >= 4 is 5.97 Å². The minimum absolute atomic E-state index is 0.186. The molecule has 29 heavy (non-hydrogen) atoms. The standard InChI is InChI=1S/C22H23FN4O2/c1-22(16-2-3-16,17-4-6-18(23)7-5-17)26-10-11-27-13-20(25-14-27)19-12-15(21(28)29)8-9-24-19/h4-9,12-14,16,26H,2-3,10-11H2,1H3,(H,28,29). The van der Waals surface area contributed by atoms with Gasteiger partial charge in [0.1, 0.15) is 11.5 Å². The SMILES string of the molecule is CC(NCCn1cnc(-c2cc(C(=O)O)ccn2)c1)(c1ccc(F)cc1)C1CC1. The molecule has 2 heterocycles. The van der Waals surface area contributed by atoms with Crippen molar-refractivity contribution in [2.45, 2.75) is 31.8 Å². The molecule has 150 valence electrons. The van der Waals surface area contributed by atoms with E-state index in [2.05, 4.69) is 22.2 Å². The lowest BCUT2D eigenvalue weighted by molar-refractivity contribution is 0.0697. The molecule has 0 radical (unpaired) electrons. The third-order valence-corrected chi connectivity index (χ3v) is 5.60. The van der Waals surface area contributed by atoms with Gasteiger partial charge in [0.05, 0.1) is 17.6 Å². The number of nitrogens with one attached hydrogen (secondary N) is 1. The zero-order valence-electron chi connectivity index (χ0n) is 16.2. The number of halogens is 1. The summed E-state index contributed by atoms with van der Waals surface area (Å²) >= 11 is 0. The molecule has 4 rings (SSSR count). The van der Waals surface area contributed by atoms with Crippen molar-refractivity contribution in [3.05, 3.63) is 72.1 Å². The van der Waals surface area contributed by atoms with E-state index in [-0.39, 0.29) is 16.9 Å². The van der Waals surface area contributed by atoms with E-state index in [1.54, 1.807) is 6.33 Å². The first-order chi connectivity index (χ1) is 14.0. The third kappa shape index (κ3) is 4.19. The highest BCUT2D eigenvalue weighted by molar-refractivity contribution is 5.88. The highest BCUT2D eigenvalue weighted by atomic mass is 19.1. The van der Waals surface area contributed by atoms with Crippen molar-refractivity contribution in [1.29, 1.82) is 0 Å². The van der Waals surface area contributed by atoms with E-state index in [9.17, 15) is 9.18 Å². The second-order valence-corrected chi connectivity index (χ2v) is 7.64. The van der Waals surface area contributed by atoms with E-state index in [4.69, 9.17) is 5.11 Å². The zero-order valence-corrected chi connectivity index (χ0v) is 16.2. The molecule has 1 fully saturated rings. The Balaban J connectivity index is 1.42. The van der Waals surface area contributed by atoms with Crippen molar-refractivity contribution in [1.82, 2.24) is 19.9 Å². The molecule has 3 aromatic rings. The summed E-state index contributed by atoms with van der Waals surface area (Å²) in [5, 5.41) is 12.8. The van der Waals surface area contributed by atoms with Crippen molar-refractivity contribution in [3.8, 4) is 11.4 Å². The van der Waals surface area contributed by atoms with Gasteiger partial charge in [0, 0.05) is 31.0 Å². The number of aromatic carboxylic acids is 1. The highest BCUT2D eigenvalue weighted by Gasteiger charge is 2.42. The van der Waals surface area contributed by atoms with E-state index in [1.165, 1.54) is 43.3 Å². The number of carboxylic acids is 1. The number of benzene rings is 1. The summed E-state index contributed by atoms with van der Waals surface area (Å²) in [6.45, 7) is 3.61. The lowest BCUT2D eigenvalue weighted by Crippen LogP contribution is -2.43. The fraction of sp³-hybridized carbons (Fsp3) is 0.318. The molecule has 1 unspecified atom stereocenters. The summed E-state index contributed by atoms with van der Waals surface area (Å²) in [6, 6.07) is 9.72. The minimum atomic E-state index is -0.988. The van der Waals surface area contributed by atoms with Crippen LogP contribution in [-0.2, 0) is 12.1 Å². The Morgan fingerprint density at radius 2 is 2.00 bits per heavy atom. The van der Waals surface area contributed by atoms with Gasteiger partial charge in [-0.15, -0.1) is 0 Å². The summed E-state index contributed by atoms with van der Waals surface area (Å²) in [5.41, 5.74) is 2.27. The lowest BCUT2D eigenvalue weighted by atomic mass is 9.87. The normalized spacial score (nSPS) is 15.8. The van der Waals surface area contributed by atoms with E-state index < -0.39 is 5.97 Å². The van der Waals surface area contributed by atoms with Gasteiger partial charge < -0.3 is 15.0 Å². The average Bonchev–Trinajstić information content (AvgIpc) is 3.48. The van der Waals surface area contributed by atoms with Crippen LogP contribution >= 0.6 is 0 Å². The highest BCUT2D eigenvalue weighted by Crippen LogP contribution is 2.45. The molecule has 6 nitrogen and oxygen atoms in total. The van der Waals surface area contributed by atoms with Crippen molar-refractivity contribution in [2.24, 2.45) is 5.92 Å². The molecule has 1 saturated carbocycles. The Bertz CT molecular complexity index is 1010. The molecule has 1 atom stereocenters. The molecule has 0 bridgehead atoms. The van der Waals surface area contributed by atoms with Gasteiger partial charge in [-0.2, -0.15) is 0 Å². The smallest absolute Gasteiger partial charge is 0.335 e. The van der Waals surface area contributed by atoms with Crippen LogP contribution in [-0.4, -0.2) is 32.2 Å². The number of nitrogens with zero attached hydrogens (tertiary/aromatic N) is 3. The predicted octanol–water partition coefficient (Wildman–Crippen LogP) is 3.70. The maximum Gasteiger partial charge on any atom is 0.335 e. The minimum Gasteiger partial charge on any atom is -0.478 e. The Morgan fingerprint density at radius 3 is 2.69 bits per heavy atom. The molecule has 0 spiro atoms. The van der Waals surface area contributed by atoms with E-state index in [1.807, 2.05) is 22.9 Å². The monoisotopic (exact) mass is 394 g/mol. The number of pyridine rings is 1. The third-order valence-electron chi connectivity index (χ3n) is 5.60. The molecule has 1 aromatic carbocycles. The second-order valence-electron chi connectivity index (χ2n) is 7.64. The lowest BCUT2D eigenvalue weighted by Gasteiger charge is -2.32. The molecule has 2 aromatic heterocycles. The number of carboxylic acid groups (broad SMARTS) is 1. The Kier molecular flexibility index (Phi) is 5.15. The largest absolute Gasteiger partial charge is 0.478 e. The summed E-state index contributed by atoms with van der Waals surface area (Å²) < 4.78 is 15.3. The van der Waals surface area contributed by atoms with Gasteiger partial charge in [-0.1, -0.05) is 12.1 Å². The molecule has 1 aliphatic rings. The van der Waals surface area contributed by atoms with Crippen LogP contribution in [0.2, 0.25) is 0 Å². The van der Waals surface area contributed by atoms with Gasteiger partial charge in [0.25, 0.3) is 0 Å². The molecule has 1 aliphatic carbocycles. The van der Waals surface area contributed by atoms with Crippen molar-refractivity contribution in [2.75, 3.05) is 6.54 Å². The molecule has 7 heteroatoms. The van der Waals surface area contributed by atoms with Crippen LogP contribution in [0.15, 0.2) is 55.1 Å². The quantitative estimate of drug-likeness (QED) is 0.609. The predicted molar refractivity (Wildman–Crippen MR) is 107 cm³/mol. The fourth-order valence-corrected chi connectivity index (χ4v) is 3.70. The van der Waals surface area contributed by atoms with Crippen molar-refractivity contribution in [3.63, 3.8) is 0 Å². The van der Waals surface area contributed by atoms with Crippen LogP contribution in [0, 0.1) is 11.7 Å². The first-order valence-corrected chi connectivity index (χ1v) is 9.68. The van der Waals surface area contributed by atoms with Crippen LogP contribution in [0.1, 0.15) is 35.7 Å². The molecule has 2 N–H and O–H groups in total. The molecular formula is C22H23FN4O2. The number of aromatic nitrogens is 3. The maximum absolute atomic E-state index is 13.3. The second kappa shape index (κ2) is 7.75. The first-order valence-electron chi connectivity index (χ1n) is 9.68. The van der Waals surface area contributed by atoms with E-state index >= 15 is 0 Å². The topological polar surface area (TPSA) is 80.0 Å². The summed E-state index contributed by atoms with van der Waals surface area (Å²) in [6.07, 6.45) is 7.40. The Labute approximate surface area is 168 Å². The maximum atomic E-state index is 13.3. The van der Waals surface area contributed by atoms with E-state index in [0.717, 1.165) is 12.1 Å². The Morgan fingerprint density at radius 1 is 1.24 bits per heavy atom. The first kappa shape index (κ1) is 19.3. The van der Waals surface area contributed by atoms with Crippen molar-refractivity contribution < 1.29 is 14.3 Å². The van der Waals surface area contributed by atoms with Gasteiger partial charge >= 0.3 is 5.97 Å². The Hall–Kier alpha value is -3.06. The van der Waals surface area contributed by atoms with Gasteiger partial charge in [-0.25, -0.2) is 14.2 Å². The summed E-state index contributed by atoms with van der Waals surface area (Å²) in [4.78, 5) is 19.7.